The summed E-state index contributed by atoms with van der Waals surface area (Å²) in [6.07, 6.45) is 1.64. The van der Waals surface area contributed by atoms with E-state index in [2.05, 4.69) is 15.6 Å². The fraction of sp³-hybridized carbons (Fsp3) is 0.438. The number of hydrogen-bond acceptors (Lipinski definition) is 5. The molecule has 0 aliphatic rings. The van der Waals surface area contributed by atoms with E-state index in [1.54, 1.807) is 45.2 Å². The van der Waals surface area contributed by atoms with Crippen LogP contribution in [0.5, 0.6) is 0 Å². The highest BCUT2D eigenvalue weighted by Gasteiger charge is 2.25. The number of oxazole rings is 1. The summed E-state index contributed by atoms with van der Waals surface area (Å²) in [6, 6.07) is 3.26. The largest absolute Gasteiger partial charge is 0.438 e. The zero-order chi connectivity index (χ0) is 17.0. The zero-order valence-corrected chi connectivity index (χ0v) is 14.5. The van der Waals surface area contributed by atoms with Crippen LogP contribution in [-0.2, 0) is 16.1 Å². The second kappa shape index (κ2) is 6.95. The van der Waals surface area contributed by atoms with Gasteiger partial charge in [-0.25, -0.2) is 4.98 Å². The lowest BCUT2D eigenvalue weighted by Gasteiger charge is -2.21. The maximum absolute atomic E-state index is 12.0. The van der Waals surface area contributed by atoms with Gasteiger partial charge >= 0.3 is 0 Å². The van der Waals surface area contributed by atoms with Gasteiger partial charge in [0.1, 0.15) is 6.04 Å². The summed E-state index contributed by atoms with van der Waals surface area (Å²) in [4.78, 5) is 29.0. The lowest BCUT2D eigenvalue weighted by molar-refractivity contribution is -0.133. The zero-order valence-electron chi connectivity index (χ0n) is 13.7. The number of amides is 2. The maximum Gasteiger partial charge on any atom is 0.242 e. The van der Waals surface area contributed by atoms with Gasteiger partial charge in [-0.1, -0.05) is 26.8 Å². The standard InChI is InChI=1S/C16H21N3O3S/c1-10(19-15(21)16(2,3)4)14(20)18-9-13-17-8-11(22-13)12-6-5-7-23-12/h5-8,10H,9H2,1-4H3,(H,18,20)(H,19,21)/t10-/m0/s1. The van der Waals surface area contributed by atoms with Crippen molar-refractivity contribution in [2.24, 2.45) is 5.41 Å². The van der Waals surface area contributed by atoms with Gasteiger partial charge in [0.05, 0.1) is 17.6 Å². The number of rotatable bonds is 5. The monoisotopic (exact) mass is 335 g/mol. The molecule has 0 spiro atoms. The molecule has 7 heteroatoms. The lowest BCUT2D eigenvalue weighted by atomic mass is 9.95. The number of aromatic nitrogens is 1. The van der Waals surface area contributed by atoms with Crippen molar-refractivity contribution in [3.8, 4) is 10.6 Å². The van der Waals surface area contributed by atoms with E-state index in [-0.39, 0.29) is 18.4 Å². The number of hydrogen-bond donors (Lipinski definition) is 2. The van der Waals surface area contributed by atoms with E-state index in [4.69, 9.17) is 4.42 Å². The van der Waals surface area contributed by atoms with E-state index < -0.39 is 11.5 Å². The van der Waals surface area contributed by atoms with Gasteiger partial charge in [0.25, 0.3) is 0 Å². The molecule has 0 bridgehead atoms. The highest BCUT2D eigenvalue weighted by Crippen LogP contribution is 2.24. The quantitative estimate of drug-likeness (QED) is 0.879. The summed E-state index contributed by atoms with van der Waals surface area (Å²) in [5.41, 5.74) is -0.535. The number of nitrogens with one attached hydrogen (secondary N) is 2. The molecule has 23 heavy (non-hydrogen) atoms. The molecule has 124 valence electrons. The molecule has 1 atom stereocenters. The topological polar surface area (TPSA) is 84.2 Å². The van der Waals surface area contributed by atoms with E-state index in [0.29, 0.717) is 11.7 Å². The minimum absolute atomic E-state index is 0.170. The molecule has 2 heterocycles. The molecule has 0 saturated carbocycles. The Labute approximate surface area is 139 Å². The number of nitrogens with zero attached hydrogens (tertiary/aromatic N) is 1. The van der Waals surface area contributed by atoms with Gasteiger partial charge in [-0.3, -0.25) is 9.59 Å². The molecule has 0 fully saturated rings. The lowest BCUT2D eigenvalue weighted by Crippen LogP contribution is -2.48. The van der Waals surface area contributed by atoms with Gasteiger partial charge in [-0.2, -0.15) is 0 Å². The molecular weight excluding hydrogens is 314 g/mol. The van der Waals surface area contributed by atoms with Crippen molar-refractivity contribution < 1.29 is 14.0 Å². The molecule has 0 aromatic carbocycles. The summed E-state index contributed by atoms with van der Waals surface area (Å²) in [5.74, 6) is 0.657. The first-order valence-electron chi connectivity index (χ1n) is 7.34. The van der Waals surface area contributed by atoms with Crippen LogP contribution in [0.25, 0.3) is 10.6 Å². The molecule has 0 unspecified atom stereocenters. The summed E-state index contributed by atoms with van der Waals surface area (Å²) >= 11 is 1.56. The van der Waals surface area contributed by atoms with E-state index in [9.17, 15) is 9.59 Å². The minimum atomic E-state index is -0.617. The predicted octanol–water partition coefficient (Wildman–Crippen LogP) is 2.57. The third-order valence-corrected chi connectivity index (χ3v) is 4.04. The van der Waals surface area contributed by atoms with Crippen molar-refractivity contribution in [2.45, 2.75) is 40.3 Å². The Bertz CT molecular complexity index is 671. The van der Waals surface area contributed by atoms with Crippen LogP contribution in [0.2, 0.25) is 0 Å². The molecule has 0 saturated heterocycles. The highest BCUT2D eigenvalue weighted by atomic mass is 32.1. The SMILES string of the molecule is C[C@H](NC(=O)C(C)(C)C)C(=O)NCc1ncc(-c2cccs2)o1. The molecule has 2 rings (SSSR count). The molecule has 2 aromatic heterocycles. The van der Waals surface area contributed by atoms with Crippen molar-refractivity contribution in [1.29, 1.82) is 0 Å². The Morgan fingerprint density at radius 3 is 2.74 bits per heavy atom. The fourth-order valence-corrected chi connectivity index (χ4v) is 2.39. The summed E-state index contributed by atoms with van der Waals surface area (Å²) in [5, 5.41) is 7.35. The van der Waals surface area contributed by atoms with Crippen molar-refractivity contribution in [3.05, 3.63) is 29.6 Å². The average molecular weight is 335 g/mol. The summed E-state index contributed by atoms with van der Waals surface area (Å²) in [7, 11) is 0. The van der Waals surface area contributed by atoms with E-state index in [1.165, 1.54) is 0 Å². The first-order valence-corrected chi connectivity index (χ1v) is 8.22. The smallest absolute Gasteiger partial charge is 0.242 e. The molecule has 0 radical (unpaired) electrons. The summed E-state index contributed by atoms with van der Waals surface area (Å²) in [6.45, 7) is 7.22. The second-order valence-corrected chi connectivity index (χ2v) is 7.21. The van der Waals surface area contributed by atoms with E-state index >= 15 is 0 Å². The van der Waals surface area contributed by atoms with Crippen molar-refractivity contribution >= 4 is 23.2 Å². The molecule has 2 amide bonds. The predicted molar refractivity (Wildman–Crippen MR) is 88.7 cm³/mol. The fourth-order valence-electron chi connectivity index (χ4n) is 1.72. The highest BCUT2D eigenvalue weighted by molar-refractivity contribution is 7.13. The van der Waals surface area contributed by atoms with Crippen LogP contribution in [0.1, 0.15) is 33.6 Å². The Hall–Kier alpha value is -2.15. The normalized spacial score (nSPS) is 12.7. The average Bonchev–Trinajstić information content (AvgIpc) is 3.14. The second-order valence-electron chi connectivity index (χ2n) is 6.26. The van der Waals surface area contributed by atoms with Gasteiger partial charge < -0.3 is 15.1 Å². The van der Waals surface area contributed by atoms with Crippen LogP contribution >= 0.6 is 11.3 Å². The third-order valence-electron chi connectivity index (χ3n) is 3.15. The van der Waals surface area contributed by atoms with Crippen LogP contribution < -0.4 is 10.6 Å². The Morgan fingerprint density at radius 2 is 2.13 bits per heavy atom. The van der Waals surface area contributed by atoms with Crippen LogP contribution in [0.3, 0.4) is 0 Å². The molecule has 0 aliphatic heterocycles. The van der Waals surface area contributed by atoms with Crippen LogP contribution in [-0.4, -0.2) is 22.8 Å². The van der Waals surface area contributed by atoms with E-state index in [1.807, 2.05) is 17.5 Å². The molecule has 0 aliphatic carbocycles. The Kier molecular flexibility index (Phi) is 5.20. The maximum atomic E-state index is 12.0. The van der Waals surface area contributed by atoms with Gasteiger partial charge in [0.2, 0.25) is 17.7 Å². The molecular formula is C16H21N3O3S. The first kappa shape index (κ1) is 17.2. The molecule has 2 N–H and O–H groups in total. The van der Waals surface area contributed by atoms with Crippen molar-refractivity contribution in [1.82, 2.24) is 15.6 Å². The van der Waals surface area contributed by atoms with Gasteiger partial charge in [0, 0.05) is 5.41 Å². The number of thiophene rings is 1. The van der Waals surface area contributed by atoms with Crippen molar-refractivity contribution in [2.75, 3.05) is 0 Å². The number of carbonyl (C=O) groups is 2. The van der Waals surface area contributed by atoms with Gasteiger partial charge in [0.15, 0.2) is 5.76 Å². The van der Waals surface area contributed by atoms with Crippen LogP contribution in [0.4, 0.5) is 0 Å². The first-order chi connectivity index (χ1) is 10.8. The van der Waals surface area contributed by atoms with E-state index in [0.717, 1.165) is 4.88 Å². The minimum Gasteiger partial charge on any atom is -0.438 e. The number of carbonyl (C=O) groups excluding carboxylic acids is 2. The van der Waals surface area contributed by atoms with Gasteiger partial charge in [-0.15, -0.1) is 11.3 Å². The van der Waals surface area contributed by atoms with Gasteiger partial charge in [-0.05, 0) is 18.4 Å². The molecule has 6 nitrogen and oxygen atoms in total. The van der Waals surface area contributed by atoms with Crippen LogP contribution in [0.15, 0.2) is 28.1 Å². The Balaban J connectivity index is 1.86. The third kappa shape index (κ3) is 4.66. The van der Waals surface area contributed by atoms with Crippen LogP contribution in [0, 0.1) is 5.41 Å². The van der Waals surface area contributed by atoms with Crippen molar-refractivity contribution in [3.63, 3.8) is 0 Å². The Morgan fingerprint density at radius 1 is 1.39 bits per heavy atom. The molecule has 2 aromatic rings. The summed E-state index contributed by atoms with van der Waals surface area (Å²) < 4.78 is 5.59.